The van der Waals surface area contributed by atoms with E-state index in [1.54, 1.807) is 40.9 Å². The normalized spacial score (nSPS) is 20.4. The molecule has 8 heteroatoms. The Labute approximate surface area is 151 Å². The number of hydrogen-bond acceptors (Lipinski definition) is 5. The first-order valence-corrected chi connectivity index (χ1v) is 9.47. The van der Waals surface area contributed by atoms with Crippen LogP contribution in [0.3, 0.4) is 0 Å². The molecule has 7 nitrogen and oxygen atoms in total. The van der Waals surface area contributed by atoms with Crippen molar-refractivity contribution in [3.63, 3.8) is 0 Å². The minimum absolute atomic E-state index is 0.0751. The zero-order valence-electron chi connectivity index (χ0n) is 14.2. The van der Waals surface area contributed by atoms with Crippen LogP contribution in [0.1, 0.15) is 17.3 Å². The van der Waals surface area contributed by atoms with Gasteiger partial charge in [0.05, 0.1) is 6.04 Å². The molecule has 2 fully saturated rings. The predicted octanol–water partition coefficient (Wildman–Crippen LogP) is 0.592. The number of piperazine rings is 1. The molecule has 2 saturated heterocycles. The summed E-state index contributed by atoms with van der Waals surface area (Å²) in [7, 11) is 0. The summed E-state index contributed by atoms with van der Waals surface area (Å²) in [5.74, 6) is 1.52. The summed E-state index contributed by atoms with van der Waals surface area (Å²) in [6.45, 7) is 3.59. The molecule has 0 bridgehead atoms. The van der Waals surface area contributed by atoms with Gasteiger partial charge in [-0.05, 0) is 18.2 Å². The van der Waals surface area contributed by atoms with Gasteiger partial charge in [-0.3, -0.25) is 19.7 Å². The van der Waals surface area contributed by atoms with E-state index in [0.29, 0.717) is 37.4 Å². The first kappa shape index (κ1) is 17.8. The number of hydrogen-bond donors (Lipinski definition) is 2. The van der Waals surface area contributed by atoms with E-state index in [1.165, 1.54) is 6.92 Å². The standard InChI is InChI=1S/C17H22N4O3S/c1-12(22)19-14-4-2-3-13(9-14)16(23)20-5-7-21(8-6-20)17(24)15-10-25-11-18-15/h2-4,9,15,18H,5-8,10-11H2,1H3,(H,19,22). The van der Waals surface area contributed by atoms with E-state index in [-0.39, 0.29) is 23.8 Å². The van der Waals surface area contributed by atoms with Crippen LogP contribution in [0.5, 0.6) is 0 Å². The second-order valence-electron chi connectivity index (χ2n) is 6.15. The van der Waals surface area contributed by atoms with Crippen LogP contribution < -0.4 is 10.6 Å². The average molecular weight is 362 g/mol. The Kier molecular flexibility index (Phi) is 5.60. The minimum atomic E-state index is -0.171. The lowest BCUT2D eigenvalue weighted by Gasteiger charge is -2.36. The summed E-state index contributed by atoms with van der Waals surface area (Å²) in [6, 6.07) is 6.83. The molecular formula is C17H22N4O3S. The molecule has 0 aromatic heterocycles. The molecule has 0 spiro atoms. The minimum Gasteiger partial charge on any atom is -0.338 e. The molecule has 0 saturated carbocycles. The van der Waals surface area contributed by atoms with Crippen molar-refractivity contribution in [3.05, 3.63) is 29.8 Å². The lowest BCUT2D eigenvalue weighted by molar-refractivity contribution is -0.134. The summed E-state index contributed by atoms with van der Waals surface area (Å²) in [5, 5.41) is 5.88. The van der Waals surface area contributed by atoms with Crippen LogP contribution in [0, 0.1) is 0 Å². The van der Waals surface area contributed by atoms with Gasteiger partial charge in [0.25, 0.3) is 5.91 Å². The quantitative estimate of drug-likeness (QED) is 0.823. The third kappa shape index (κ3) is 4.32. The lowest BCUT2D eigenvalue weighted by atomic mass is 10.1. The van der Waals surface area contributed by atoms with Gasteiger partial charge in [0.15, 0.2) is 0 Å². The molecule has 2 aliphatic heterocycles. The van der Waals surface area contributed by atoms with E-state index in [0.717, 1.165) is 11.6 Å². The molecule has 1 aromatic rings. The summed E-state index contributed by atoms with van der Waals surface area (Å²) >= 11 is 1.73. The molecule has 3 rings (SSSR count). The molecule has 1 aromatic carbocycles. The largest absolute Gasteiger partial charge is 0.338 e. The Hall–Kier alpha value is -2.06. The highest BCUT2D eigenvalue weighted by Crippen LogP contribution is 2.16. The molecule has 1 unspecified atom stereocenters. The molecule has 2 aliphatic rings. The number of carbonyl (C=O) groups is 3. The molecule has 25 heavy (non-hydrogen) atoms. The maximum absolute atomic E-state index is 12.7. The SMILES string of the molecule is CC(=O)Nc1cccc(C(=O)N2CCN(C(=O)C3CSCN3)CC2)c1. The zero-order valence-corrected chi connectivity index (χ0v) is 15.0. The zero-order chi connectivity index (χ0) is 17.8. The maximum atomic E-state index is 12.7. The van der Waals surface area contributed by atoms with Crippen molar-refractivity contribution >= 4 is 35.2 Å². The van der Waals surface area contributed by atoms with E-state index in [1.807, 2.05) is 4.90 Å². The monoisotopic (exact) mass is 362 g/mol. The summed E-state index contributed by atoms with van der Waals surface area (Å²) in [6.07, 6.45) is 0. The van der Waals surface area contributed by atoms with Crippen molar-refractivity contribution in [2.75, 3.05) is 43.1 Å². The molecule has 3 amide bonds. The average Bonchev–Trinajstić information content (AvgIpc) is 3.15. The van der Waals surface area contributed by atoms with Crippen LogP contribution in [0.4, 0.5) is 5.69 Å². The Morgan fingerprint density at radius 2 is 1.88 bits per heavy atom. The van der Waals surface area contributed by atoms with Crippen LogP contribution in [0.15, 0.2) is 24.3 Å². The second-order valence-corrected chi connectivity index (χ2v) is 7.18. The summed E-state index contributed by atoms with van der Waals surface area (Å²) in [5.41, 5.74) is 1.15. The van der Waals surface area contributed by atoms with Crippen LogP contribution in [0.25, 0.3) is 0 Å². The smallest absolute Gasteiger partial charge is 0.254 e. The van der Waals surface area contributed by atoms with Crippen molar-refractivity contribution in [2.24, 2.45) is 0 Å². The van der Waals surface area contributed by atoms with Crippen LogP contribution >= 0.6 is 11.8 Å². The van der Waals surface area contributed by atoms with Gasteiger partial charge >= 0.3 is 0 Å². The number of rotatable bonds is 3. The highest BCUT2D eigenvalue weighted by atomic mass is 32.2. The third-order valence-electron chi connectivity index (χ3n) is 4.32. The molecule has 0 aliphatic carbocycles. The summed E-state index contributed by atoms with van der Waals surface area (Å²) < 4.78 is 0. The van der Waals surface area contributed by atoms with Gasteiger partial charge in [0.2, 0.25) is 11.8 Å². The fraction of sp³-hybridized carbons (Fsp3) is 0.471. The topological polar surface area (TPSA) is 81.8 Å². The fourth-order valence-corrected chi connectivity index (χ4v) is 3.95. The number of anilines is 1. The van der Waals surface area contributed by atoms with Crippen molar-refractivity contribution in [3.8, 4) is 0 Å². The molecule has 134 valence electrons. The number of carbonyl (C=O) groups excluding carboxylic acids is 3. The van der Waals surface area contributed by atoms with Gasteiger partial charge < -0.3 is 15.1 Å². The van der Waals surface area contributed by atoms with Gasteiger partial charge in [-0.1, -0.05) is 6.07 Å². The highest BCUT2D eigenvalue weighted by molar-refractivity contribution is 7.99. The lowest BCUT2D eigenvalue weighted by Crippen LogP contribution is -2.54. The Balaban J connectivity index is 1.58. The first-order valence-electron chi connectivity index (χ1n) is 8.31. The summed E-state index contributed by atoms with van der Waals surface area (Å²) in [4.78, 5) is 39.8. The molecule has 2 heterocycles. The number of nitrogens with zero attached hydrogens (tertiary/aromatic N) is 2. The van der Waals surface area contributed by atoms with Crippen molar-refractivity contribution in [2.45, 2.75) is 13.0 Å². The van der Waals surface area contributed by atoms with Crippen LogP contribution in [0.2, 0.25) is 0 Å². The van der Waals surface area contributed by atoms with E-state index in [2.05, 4.69) is 10.6 Å². The molecule has 2 N–H and O–H groups in total. The Bertz CT molecular complexity index is 668. The van der Waals surface area contributed by atoms with Gasteiger partial charge in [-0.25, -0.2) is 0 Å². The fourth-order valence-electron chi connectivity index (χ4n) is 3.02. The van der Waals surface area contributed by atoms with Gasteiger partial charge in [0.1, 0.15) is 0 Å². The maximum Gasteiger partial charge on any atom is 0.254 e. The first-order chi connectivity index (χ1) is 12.0. The van der Waals surface area contributed by atoms with Crippen LogP contribution in [-0.2, 0) is 9.59 Å². The van der Waals surface area contributed by atoms with Crippen molar-refractivity contribution in [1.29, 1.82) is 0 Å². The van der Waals surface area contributed by atoms with Crippen molar-refractivity contribution in [1.82, 2.24) is 15.1 Å². The highest BCUT2D eigenvalue weighted by Gasteiger charge is 2.30. The number of benzene rings is 1. The Morgan fingerprint density at radius 1 is 1.16 bits per heavy atom. The van der Waals surface area contributed by atoms with E-state index < -0.39 is 0 Å². The van der Waals surface area contributed by atoms with Gasteiger partial charge in [-0.2, -0.15) is 0 Å². The predicted molar refractivity (Wildman–Crippen MR) is 97.5 cm³/mol. The Morgan fingerprint density at radius 3 is 2.52 bits per heavy atom. The van der Waals surface area contributed by atoms with E-state index in [9.17, 15) is 14.4 Å². The van der Waals surface area contributed by atoms with Gasteiger partial charge in [-0.15, -0.1) is 11.8 Å². The second kappa shape index (κ2) is 7.88. The number of thioether (sulfide) groups is 1. The van der Waals surface area contributed by atoms with E-state index >= 15 is 0 Å². The van der Waals surface area contributed by atoms with Gasteiger partial charge in [0, 0.05) is 56.0 Å². The van der Waals surface area contributed by atoms with Crippen molar-refractivity contribution < 1.29 is 14.4 Å². The van der Waals surface area contributed by atoms with E-state index in [4.69, 9.17) is 0 Å². The molecule has 1 atom stereocenters. The number of amides is 3. The number of nitrogens with one attached hydrogen (secondary N) is 2. The molecule has 0 radical (unpaired) electrons. The molecular weight excluding hydrogens is 340 g/mol. The third-order valence-corrected chi connectivity index (χ3v) is 5.26. The van der Waals surface area contributed by atoms with Crippen LogP contribution in [-0.4, -0.2) is 71.4 Å².